The molecule has 0 aromatic heterocycles. The van der Waals surface area contributed by atoms with E-state index in [1.165, 1.54) is 36.4 Å². The number of ether oxygens (including phenoxy) is 2. The van der Waals surface area contributed by atoms with Crippen LogP contribution in [-0.4, -0.2) is 23.3 Å². The van der Waals surface area contributed by atoms with Gasteiger partial charge in [0.1, 0.15) is 29.0 Å². The van der Waals surface area contributed by atoms with Gasteiger partial charge in [-0.05, 0) is 179 Å². The summed E-state index contributed by atoms with van der Waals surface area (Å²) in [6.07, 6.45) is 0.129. The van der Waals surface area contributed by atoms with Crippen molar-refractivity contribution >= 4 is 56.0 Å². The number of benzene rings is 8. The van der Waals surface area contributed by atoms with Crippen molar-refractivity contribution in [3.05, 3.63) is 215 Å². The van der Waals surface area contributed by atoms with Crippen molar-refractivity contribution in [3.8, 4) is 33.8 Å². The van der Waals surface area contributed by atoms with Gasteiger partial charge in [0, 0.05) is 44.0 Å². The molecule has 0 amide bonds. The zero-order valence-corrected chi connectivity index (χ0v) is 40.2. The van der Waals surface area contributed by atoms with Gasteiger partial charge in [-0.15, -0.1) is 0 Å². The fraction of sp³-hybridized carbons (Fsp3) is 0.140. The van der Waals surface area contributed by atoms with E-state index < -0.39 is 5.97 Å². The highest BCUT2D eigenvalue weighted by molar-refractivity contribution is 9.10. The number of anilines is 6. The molecule has 68 heavy (non-hydrogen) atoms. The third-order valence-electron chi connectivity index (χ3n) is 10.2. The van der Waals surface area contributed by atoms with E-state index in [4.69, 9.17) is 9.47 Å². The van der Waals surface area contributed by atoms with Crippen LogP contribution in [0.1, 0.15) is 49.2 Å². The highest BCUT2D eigenvalue weighted by atomic mass is 79.9. The number of rotatable bonds is 13. The number of carbonyl (C=O) groups is 1. The molecule has 7 nitrogen and oxygen atoms in total. The molecule has 0 radical (unpaired) electrons. The van der Waals surface area contributed by atoms with Crippen LogP contribution in [0.4, 0.5) is 47.3 Å². The summed E-state index contributed by atoms with van der Waals surface area (Å²) in [7, 11) is 0. The summed E-state index contributed by atoms with van der Waals surface area (Å²) in [5.74, 6) is -0.268. The third kappa shape index (κ3) is 14.5. The van der Waals surface area contributed by atoms with Crippen molar-refractivity contribution in [3.63, 3.8) is 0 Å². The SMILES string of the molecule is CC(C)Oc1ccccc1-c1ccc(C(=O)O)c(Nc2ccc(F)cc2)c1.Cc1ccc(-c2ccccc2OC(C)C)cc1Nc1ccc(F)cc1.Cc1ccc(Br)cc1Nc1ccc(F)cc1. The lowest BCUT2D eigenvalue weighted by molar-refractivity contribution is 0.0698. The lowest BCUT2D eigenvalue weighted by Gasteiger charge is -2.16. The van der Waals surface area contributed by atoms with E-state index in [9.17, 15) is 23.1 Å². The minimum atomic E-state index is -1.04. The van der Waals surface area contributed by atoms with E-state index in [0.717, 1.165) is 72.1 Å². The molecular weight excluding hydrogens is 928 g/mol. The smallest absolute Gasteiger partial charge is 0.337 e. The second-order valence-corrected chi connectivity index (χ2v) is 17.2. The second-order valence-electron chi connectivity index (χ2n) is 16.3. The van der Waals surface area contributed by atoms with Gasteiger partial charge in [0.15, 0.2) is 0 Å². The summed E-state index contributed by atoms with van der Waals surface area (Å²) < 4.78 is 51.8. The Labute approximate surface area is 404 Å². The molecule has 348 valence electrons. The number of para-hydroxylation sites is 2. The van der Waals surface area contributed by atoms with Crippen molar-refractivity contribution in [1.29, 1.82) is 0 Å². The summed E-state index contributed by atoms with van der Waals surface area (Å²) in [6, 6.07) is 51.4. The van der Waals surface area contributed by atoms with Gasteiger partial charge in [-0.2, -0.15) is 0 Å². The molecule has 0 unspecified atom stereocenters. The van der Waals surface area contributed by atoms with Crippen LogP contribution >= 0.6 is 15.9 Å². The Kier molecular flexibility index (Phi) is 17.5. The third-order valence-corrected chi connectivity index (χ3v) is 10.7. The van der Waals surface area contributed by atoms with Crippen molar-refractivity contribution in [1.82, 2.24) is 0 Å². The molecule has 0 spiro atoms. The number of nitrogens with one attached hydrogen (secondary N) is 3. The molecule has 0 atom stereocenters. The first-order valence-corrected chi connectivity index (χ1v) is 22.7. The molecule has 11 heteroatoms. The van der Waals surface area contributed by atoms with Crippen LogP contribution in [0.15, 0.2) is 180 Å². The largest absolute Gasteiger partial charge is 0.490 e. The van der Waals surface area contributed by atoms with Crippen LogP contribution in [0.2, 0.25) is 0 Å². The van der Waals surface area contributed by atoms with Crippen LogP contribution in [0.3, 0.4) is 0 Å². The van der Waals surface area contributed by atoms with E-state index in [1.54, 1.807) is 54.6 Å². The molecule has 4 N–H and O–H groups in total. The predicted molar refractivity (Wildman–Crippen MR) is 275 cm³/mol. The van der Waals surface area contributed by atoms with Gasteiger partial charge < -0.3 is 30.5 Å². The minimum Gasteiger partial charge on any atom is -0.490 e. The van der Waals surface area contributed by atoms with Crippen LogP contribution in [0, 0.1) is 31.3 Å². The first kappa shape index (κ1) is 49.9. The zero-order valence-electron chi connectivity index (χ0n) is 38.6. The maximum Gasteiger partial charge on any atom is 0.337 e. The van der Waals surface area contributed by atoms with E-state index in [0.29, 0.717) is 11.4 Å². The average molecular weight is 981 g/mol. The number of halogens is 4. The number of carboxylic acids is 1. The van der Waals surface area contributed by atoms with Crippen LogP contribution < -0.4 is 25.4 Å². The molecule has 8 rings (SSSR count). The topological polar surface area (TPSA) is 91.9 Å². The molecule has 8 aromatic rings. The molecule has 0 bridgehead atoms. The van der Waals surface area contributed by atoms with Gasteiger partial charge in [-0.25, -0.2) is 18.0 Å². The first-order chi connectivity index (χ1) is 32.6. The maximum atomic E-state index is 13.1. The van der Waals surface area contributed by atoms with Crippen molar-refractivity contribution in [2.75, 3.05) is 16.0 Å². The number of hydrogen-bond donors (Lipinski definition) is 4. The minimum absolute atomic E-state index is 0.0150. The Morgan fingerprint density at radius 3 is 1.28 bits per heavy atom. The van der Waals surface area contributed by atoms with Gasteiger partial charge in [0.2, 0.25) is 0 Å². The zero-order chi connectivity index (χ0) is 48.7. The molecule has 0 saturated carbocycles. The van der Waals surface area contributed by atoms with Gasteiger partial charge in [-0.1, -0.05) is 76.6 Å². The molecule has 8 aromatic carbocycles. The Bertz CT molecular complexity index is 2930. The fourth-order valence-electron chi connectivity index (χ4n) is 6.84. The van der Waals surface area contributed by atoms with Gasteiger partial charge in [0.25, 0.3) is 0 Å². The monoisotopic (exact) mass is 979 g/mol. The quantitative estimate of drug-likeness (QED) is 0.0915. The summed E-state index contributed by atoms with van der Waals surface area (Å²) in [4.78, 5) is 11.6. The first-order valence-electron chi connectivity index (χ1n) is 22.0. The predicted octanol–water partition coefficient (Wildman–Crippen LogP) is 16.7. The van der Waals surface area contributed by atoms with Gasteiger partial charge >= 0.3 is 5.97 Å². The van der Waals surface area contributed by atoms with E-state index in [1.807, 2.05) is 102 Å². The van der Waals surface area contributed by atoms with Crippen LogP contribution in [0.5, 0.6) is 11.5 Å². The standard InChI is InChI=1S/C22H20FNO3.C22H22FNO.C13H11BrFN/c1-14(2)27-21-6-4-3-5-18(21)15-7-12-19(22(25)26)20(13-15)24-17-10-8-16(23)9-11-17;1-15(2)25-22-7-5-4-6-20(22)17-9-8-16(3)21(14-17)24-19-12-10-18(23)11-13-19;1-9-2-3-10(14)8-13(9)16-12-6-4-11(15)5-7-12/h3-14,24H,1-2H3,(H,25,26);4-15,24H,1-3H3;2-8,16H,1H3. The highest BCUT2D eigenvalue weighted by Crippen LogP contribution is 2.36. The summed E-state index contributed by atoms with van der Waals surface area (Å²) in [6.45, 7) is 12.0. The Balaban J connectivity index is 0.000000173. The summed E-state index contributed by atoms with van der Waals surface area (Å²) in [5, 5.41) is 19.2. The van der Waals surface area contributed by atoms with Crippen molar-refractivity contribution in [2.45, 2.75) is 53.8 Å². The molecule has 0 aliphatic rings. The van der Waals surface area contributed by atoms with E-state index >= 15 is 0 Å². The van der Waals surface area contributed by atoms with Crippen molar-refractivity contribution in [2.24, 2.45) is 0 Å². The van der Waals surface area contributed by atoms with E-state index in [2.05, 4.69) is 56.1 Å². The van der Waals surface area contributed by atoms with Crippen LogP contribution in [-0.2, 0) is 0 Å². The Morgan fingerprint density at radius 1 is 0.485 bits per heavy atom. The Hall–Kier alpha value is -7.50. The molecule has 0 heterocycles. The van der Waals surface area contributed by atoms with E-state index in [-0.39, 0.29) is 35.2 Å². The normalized spacial score (nSPS) is 10.6. The number of aromatic carboxylic acids is 1. The summed E-state index contributed by atoms with van der Waals surface area (Å²) >= 11 is 3.42. The number of carboxylic acid groups (broad SMARTS) is 1. The fourth-order valence-corrected chi connectivity index (χ4v) is 7.21. The highest BCUT2D eigenvalue weighted by Gasteiger charge is 2.15. The van der Waals surface area contributed by atoms with Gasteiger partial charge in [0.05, 0.1) is 23.5 Å². The Morgan fingerprint density at radius 2 is 0.853 bits per heavy atom. The lowest BCUT2D eigenvalue weighted by Crippen LogP contribution is -2.07. The number of aryl methyl sites for hydroxylation is 2. The second kappa shape index (κ2) is 23.8. The maximum absolute atomic E-state index is 13.1. The summed E-state index contributed by atoms with van der Waals surface area (Å²) in [5.41, 5.74) is 11.0. The van der Waals surface area contributed by atoms with Crippen LogP contribution in [0.25, 0.3) is 22.3 Å². The van der Waals surface area contributed by atoms with Crippen molar-refractivity contribution < 1.29 is 32.5 Å². The van der Waals surface area contributed by atoms with Gasteiger partial charge in [-0.3, -0.25) is 0 Å². The molecule has 0 aliphatic heterocycles. The number of hydrogen-bond acceptors (Lipinski definition) is 6. The molecule has 0 fully saturated rings. The lowest BCUT2D eigenvalue weighted by atomic mass is 10.0. The molecule has 0 saturated heterocycles. The molecular formula is C57H53BrF3N3O4. The average Bonchev–Trinajstić information content (AvgIpc) is 3.31. The molecule has 0 aliphatic carbocycles.